The zero-order valence-electron chi connectivity index (χ0n) is 11.1. The number of anilines is 1. The Morgan fingerprint density at radius 2 is 2.16 bits per heavy atom. The average molecular weight is 349 g/mol. The zero-order valence-corrected chi connectivity index (χ0v) is 13.4. The largest absolute Gasteiger partial charge is 0.480 e. The van der Waals surface area contributed by atoms with E-state index in [0.717, 1.165) is 11.0 Å². The summed E-state index contributed by atoms with van der Waals surface area (Å²) in [6.45, 7) is 0.821. The molecule has 1 aromatic heterocycles. The van der Waals surface area contributed by atoms with Gasteiger partial charge >= 0.3 is 0 Å². The minimum absolute atomic E-state index is 0.184. The van der Waals surface area contributed by atoms with Crippen molar-refractivity contribution < 1.29 is 4.74 Å². The molecule has 1 aliphatic carbocycles. The molecule has 0 saturated heterocycles. The molecule has 0 aliphatic heterocycles. The summed E-state index contributed by atoms with van der Waals surface area (Å²) in [4.78, 5) is 8.55. The first-order valence-electron chi connectivity index (χ1n) is 6.55. The fourth-order valence-corrected chi connectivity index (χ4v) is 3.22. The number of aromatic nitrogens is 2. The maximum absolute atomic E-state index is 6.17. The zero-order chi connectivity index (χ0) is 13.7. The van der Waals surface area contributed by atoms with Gasteiger partial charge in [-0.1, -0.05) is 19.3 Å². The minimum Gasteiger partial charge on any atom is -0.480 e. The van der Waals surface area contributed by atoms with Crippen molar-refractivity contribution in [1.29, 1.82) is 0 Å². The summed E-state index contributed by atoms with van der Waals surface area (Å²) in [6.07, 6.45) is 7.90. The number of alkyl halides is 1. The van der Waals surface area contributed by atoms with Gasteiger partial charge in [-0.25, -0.2) is 4.98 Å². The predicted octanol–water partition coefficient (Wildman–Crippen LogP) is 3.85. The molecule has 0 amide bonds. The molecule has 0 aromatic carbocycles. The fraction of sp³-hybridized carbons (Fsp3) is 0.692. The molecule has 0 radical (unpaired) electrons. The second-order valence-electron chi connectivity index (χ2n) is 5.10. The van der Waals surface area contributed by atoms with Crippen molar-refractivity contribution in [2.45, 2.75) is 32.1 Å². The Bertz CT molecular complexity index is 424. The summed E-state index contributed by atoms with van der Waals surface area (Å²) in [5.41, 5.74) is 0.184. The Balaban J connectivity index is 2.00. The number of nitrogens with zero attached hydrogens (tertiary/aromatic N) is 2. The standard InChI is InChI=1S/C13H19BrClN3O/c1-19-11-10(14)7-16-12(18-11)17-9-13(8-15)5-3-2-4-6-13/h7H,2-6,8-9H2,1H3,(H,16,17,18). The Morgan fingerprint density at radius 3 is 2.79 bits per heavy atom. The van der Waals surface area contributed by atoms with Crippen LogP contribution in [0.4, 0.5) is 5.95 Å². The molecule has 19 heavy (non-hydrogen) atoms. The summed E-state index contributed by atoms with van der Waals surface area (Å²) in [7, 11) is 1.60. The topological polar surface area (TPSA) is 47.0 Å². The third kappa shape index (κ3) is 3.72. The fourth-order valence-electron chi connectivity index (χ4n) is 2.51. The van der Waals surface area contributed by atoms with Gasteiger partial charge in [0.05, 0.1) is 17.8 Å². The lowest BCUT2D eigenvalue weighted by molar-refractivity contribution is 0.237. The van der Waals surface area contributed by atoms with Crippen molar-refractivity contribution in [2.24, 2.45) is 5.41 Å². The van der Waals surface area contributed by atoms with Crippen LogP contribution in [-0.2, 0) is 0 Å². The molecule has 1 aromatic rings. The van der Waals surface area contributed by atoms with Crippen LogP contribution in [0.5, 0.6) is 5.88 Å². The molecule has 1 heterocycles. The quantitative estimate of drug-likeness (QED) is 0.821. The molecule has 0 bridgehead atoms. The smallest absolute Gasteiger partial charge is 0.232 e. The molecule has 0 atom stereocenters. The highest BCUT2D eigenvalue weighted by Crippen LogP contribution is 2.37. The highest BCUT2D eigenvalue weighted by molar-refractivity contribution is 9.10. The number of hydrogen-bond acceptors (Lipinski definition) is 4. The summed E-state index contributed by atoms with van der Waals surface area (Å²) in [5, 5.41) is 3.30. The van der Waals surface area contributed by atoms with E-state index in [9.17, 15) is 0 Å². The summed E-state index contributed by atoms with van der Waals surface area (Å²) >= 11 is 9.52. The van der Waals surface area contributed by atoms with Gasteiger partial charge in [-0.2, -0.15) is 4.98 Å². The first kappa shape index (κ1) is 14.9. The van der Waals surface area contributed by atoms with Crippen molar-refractivity contribution in [1.82, 2.24) is 9.97 Å². The molecule has 4 nitrogen and oxygen atoms in total. The molecule has 106 valence electrons. The van der Waals surface area contributed by atoms with Crippen LogP contribution in [0.2, 0.25) is 0 Å². The van der Waals surface area contributed by atoms with Crippen LogP contribution in [0.1, 0.15) is 32.1 Å². The number of rotatable bonds is 5. The van der Waals surface area contributed by atoms with Gasteiger partial charge < -0.3 is 10.1 Å². The van der Waals surface area contributed by atoms with E-state index in [-0.39, 0.29) is 5.41 Å². The molecule has 1 fully saturated rings. The van der Waals surface area contributed by atoms with Crippen LogP contribution in [0.3, 0.4) is 0 Å². The van der Waals surface area contributed by atoms with Gasteiger partial charge in [-0.3, -0.25) is 0 Å². The molecule has 1 N–H and O–H groups in total. The maximum atomic E-state index is 6.17. The lowest BCUT2D eigenvalue weighted by atomic mass is 9.75. The molecule has 1 saturated carbocycles. The summed E-state index contributed by atoms with van der Waals surface area (Å²) in [5.74, 6) is 1.82. The van der Waals surface area contributed by atoms with E-state index in [0.29, 0.717) is 17.7 Å². The van der Waals surface area contributed by atoms with Crippen LogP contribution in [-0.4, -0.2) is 29.5 Å². The van der Waals surface area contributed by atoms with Crippen molar-refractivity contribution in [3.05, 3.63) is 10.7 Å². The molecular weight excluding hydrogens is 330 g/mol. The van der Waals surface area contributed by atoms with Crippen molar-refractivity contribution >= 4 is 33.5 Å². The van der Waals surface area contributed by atoms with Crippen molar-refractivity contribution in [3.63, 3.8) is 0 Å². The van der Waals surface area contributed by atoms with Gasteiger partial charge in [0.25, 0.3) is 0 Å². The van der Waals surface area contributed by atoms with E-state index in [1.54, 1.807) is 13.3 Å². The van der Waals surface area contributed by atoms with Crippen LogP contribution >= 0.6 is 27.5 Å². The number of hydrogen-bond donors (Lipinski definition) is 1. The summed E-state index contributed by atoms with van der Waals surface area (Å²) in [6, 6.07) is 0. The normalized spacial score (nSPS) is 18.1. The van der Waals surface area contributed by atoms with E-state index in [4.69, 9.17) is 16.3 Å². The van der Waals surface area contributed by atoms with Gasteiger partial charge in [-0.15, -0.1) is 11.6 Å². The molecule has 0 spiro atoms. The first-order chi connectivity index (χ1) is 9.19. The molecule has 1 aliphatic rings. The Labute approximate surface area is 127 Å². The van der Waals surface area contributed by atoms with Gasteiger partial charge in [0, 0.05) is 17.8 Å². The van der Waals surface area contributed by atoms with E-state index in [1.165, 1.54) is 32.1 Å². The monoisotopic (exact) mass is 347 g/mol. The highest BCUT2D eigenvalue weighted by Gasteiger charge is 2.31. The Hall–Kier alpha value is -0.550. The Morgan fingerprint density at radius 1 is 1.42 bits per heavy atom. The number of halogens is 2. The number of methoxy groups -OCH3 is 1. The van der Waals surface area contributed by atoms with E-state index in [2.05, 4.69) is 31.2 Å². The second-order valence-corrected chi connectivity index (χ2v) is 6.22. The second kappa shape index (κ2) is 6.75. The van der Waals surface area contributed by atoms with Gasteiger partial charge in [0.1, 0.15) is 0 Å². The molecule has 2 rings (SSSR count). The van der Waals surface area contributed by atoms with Gasteiger partial charge in [0.2, 0.25) is 11.8 Å². The Kier molecular flexibility index (Phi) is 5.28. The number of ether oxygens (including phenoxy) is 1. The number of nitrogens with one attached hydrogen (secondary N) is 1. The molecule has 6 heteroatoms. The molecular formula is C13H19BrClN3O. The third-order valence-electron chi connectivity index (χ3n) is 3.72. The van der Waals surface area contributed by atoms with Crippen LogP contribution < -0.4 is 10.1 Å². The summed E-state index contributed by atoms with van der Waals surface area (Å²) < 4.78 is 5.92. The van der Waals surface area contributed by atoms with Crippen LogP contribution in [0.15, 0.2) is 10.7 Å². The SMILES string of the molecule is COc1nc(NCC2(CCl)CCCCC2)ncc1Br. The maximum Gasteiger partial charge on any atom is 0.232 e. The first-order valence-corrected chi connectivity index (χ1v) is 7.88. The van der Waals surface area contributed by atoms with Crippen LogP contribution in [0, 0.1) is 5.41 Å². The van der Waals surface area contributed by atoms with E-state index < -0.39 is 0 Å². The third-order valence-corrected chi connectivity index (χ3v) is 4.84. The van der Waals surface area contributed by atoms with E-state index in [1.807, 2.05) is 0 Å². The van der Waals surface area contributed by atoms with Gasteiger partial charge in [-0.05, 0) is 28.8 Å². The van der Waals surface area contributed by atoms with E-state index >= 15 is 0 Å². The molecule has 0 unspecified atom stereocenters. The van der Waals surface area contributed by atoms with Crippen molar-refractivity contribution in [3.8, 4) is 5.88 Å². The van der Waals surface area contributed by atoms with Crippen molar-refractivity contribution in [2.75, 3.05) is 24.9 Å². The van der Waals surface area contributed by atoms with Gasteiger partial charge in [0.15, 0.2) is 0 Å². The average Bonchev–Trinajstić information content (AvgIpc) is 2.47. The predicted molar refractivity (Wildman–Crippen MR) is 81.0 cm³/mol. The lowest BCUT2D eigenvalue weighted by Crippen LogP contribution is -2.34. The highest BCUT2D eigenvalue weighted by atomic mass is 79.9. The van der Waals surface area contributed by atoms with Crippen LogP contribution in [0.25, 0.3) is 0 Å². The minimum atomic E-state index is 0.184. The lowest BCUT2D eigenvalue weighted by Gasteiger charge is -2.35.